The van der Waals surface area contributed by atoms with Crippen LogP contribution in [0.2, 0.25) is 0 Å². The molecule has 14 heteroatoms. The van der Waals surface area contributed by atoms with Crippen molar-refractivity contribution >= 4 is 50.0 Å². The van der Waals surface area contributed by atoms with E-state index in [1.54, 1.807) is 25.4 Å². The summed E-state index contributed by atoms with van der Waals surface area (Å²) >= 11 is 0. The number of hydrogen-bond donors (Lipinski definition) is 3. The minimum absolute atomic E-state index is 0.229. The van der Waals surface area contributed by atoms with Gasteiger partial charge in [0.05, 0.1) is 48.9 Å². The van der Waals surface area contributed by atoms with E-state index in [0.717, 1.165) is 12.2 Å². The van der Waals surface area contributed by atoms with Gasteiger partial charge in [0.25, 0.3) is 0 Å². The molecule has 210 valence electrons. The van der Waals surface area contributed by atoms with Gasteiger partial charge in [-0.25, -0.2) is 8.42 Å². The number of hydrogen-bond acceptors (Lipinski definition) is 10. The van der Waals surface area contributed by atoms with Gasteiger partial charge in [0.15, 0.2) is 0 Å². The molecule has 1 aromatic carbocycles. The van der Waals surface area contributed by atoms with Crippen LogP contribution in [0.25, 0.3) is 11.0 Å². The Morgan fingerprint density at radius 2 is 1.97 bits per heavy atom. The van der Waals surface area contributed by atoms with Crippen molar-refractivity contribution in [3.63, 3.8) is 0 Å². The van der Waals surface area contributed by atoms with Crippen LogP contribution in [0.15, 0.2) is 37.1 Å². The zero-order valence-electron chi connectivity index (χ0n) is 22.7. The second kappa shape index (κ2) is 11.5. The molecule has 1 saturated heterocycles. The molecule has 0 aliphatic carbocycles. The van der Waals surface area contributed by atoms with Crippen LogP contribution in [0.1, 0.15) is 0 Å². The molecule has 0 spiro atoms. The third-order valence-corrected chi connectivity index (χ3v) is 7.48. The molecule has 1 aliphatic heterocycles. The van der Waals surface area contributed by atoms with Crippen molar-refractivity contribution in [3.05, 3.63) is 37.1 Å². The molecular weight excluding hydrogens is 524 g/mol. The number of methoxy groups -OCH3 is 1. The molecule has 0 atom stereocenters. The molecule has 2 aromatic heterocycles. The lowest BCUT2D eigenvalue weighted by molar-refractivity contribution is -0.111. The fourth-order valence-corrected chi connectivity index (χ4v) is 4.86. The fraction of sp³-hybridized carbons (Fsp3) is 0.400. The third kappa shape index (κ3) is 6.58. The normalized spacial score (nSPS) is 14.2. The Hall–Kier alpha value is -3.88. The summed E-state index contributed by atoms with van der Waals surface area (Å²) in [6, 6.07) is 5.37. The van der Waals surface area contributed by atoms with Crippen molar-refractivity contribution in [3.8, 4) is 11.6 Å². The van der Waals surface area contributed by atoms with Crippen LogP contribution in [0.4, 0.5) is 23.0 Å². The van der Waals surface area contributed by atoms with E-state index in [9.17, 15) is 13.2 Å². The second-order valence-corrected chi connectivity index (χ2v) is 11.5. The van der Waals surface area contributed by atoms with Crippen LogP contribution in [0.5, 0.6) is 11.6 Å². The first kappa shape index (κ1) is 28.1. The number of benzene rings is 1. The molecule has 0 saturated carbocycles. The lowest BCUT2D eigenvalue weighted by Gasteiger charge is -2.36. The maximum Gasteiger partial charge on any atom is 0.247 e. The quantitative estimate of drug-likeness (QED) is 0.282. The highest BCUT2D eigenvalue weighted by Crippen LogP contribution is 2.38. The maximum atomic E-state index is 12.2. The summed E-state index contributed by atoms with van der Waals surface area (Å²) in [5.74, 6) is 0.712. The maximum absolute atomic E-state index is 12.2. The number of aromatic nitrogens is 3. The molecule has 39 heavy (non-hydrogen) atoms. The number of nitrogens with zero attached hydrogens (tertiary/aromatic N) is 5. The van der Waals surface area contributed by atoms with Crippen molar-refractivity contribution in [1.29, 1.82) is 0 Å². The highest BCUT2D eigenvalue weighted by atomic mass is 32.2. The third-order valence-electron chi connectivity index (χ3n) is 6.24. The van der Waals surface area contributed by atoms with Gasteiger partial charge in [-0.3, -0.25) is 4.79 Å². The largest absolute Gasteiger partial charge is 0.494 e. The van der Waals surface area contributed by atoms with Gasteiger partial charge in [0, 0.05) is 32.4 Å². The summed E-state index contributed by atoms with van der Waals surface area (Å²) in [5.41, 5.74) is 2.38. The Bertz CT molecular complexity index is 1470. The van der Waals surface area contributed by atoms with Crippen molar-refractivity contribution < 1.29 is 22.7 Å². The summed E-state index contributed by atoms with van der Waals surface area (Å²) < 4.78 is 36.5. The van der Waals surface area contributed by atoms with E-state index < -0.39 is 10.0 Å². The molecule has 4 rings (SSSR count). The summed E-state index contributed by atoms with van der Waals surface area (Å²) in [4.78, 5) is 28.5. The van der Waals surface area contributed by atoms with E-state index in [2.05, 4.69) is 37.1 Å². The van der Waals surface area contributed by atoms with Gasteiger partial charge in [-0.1, -0.05) is 6.58 Å². The molecule has 0 radical (unpaired) electrons. The molecule has 13 nitrogen and oxygen atoms in total. The first-order chi connectivity index (χ1) is 18.5. The second-order valence-electron chi connectivity index (χ2n) is 9.52. The Balaban J connectivity index is 1.65. The lowest BCUT2D eigenvalue weighted by atomic mass is 10.2. The van der Waals surface area contributed by atoms with Gasteiger partial charge < -0.3 is 34.9 Å². The van der Waals surface area contributed by atoms with Gasteiger partial charge in [0.1, 0.15) is 17.5 Å². The monoisotopic (exact) mass is 558 g/mol. The number of H-pyrrole nitrogens is 1. The predicted molar refractivity (Wildman–Crippen MR) is 152 cm³/mol. The number of sulfonamides is 1. The number of nitrogens with one attached hydrogen (secondary N) is 3. The summed E-state index contributed by atoms with van der Waals surface area (Å²) in [6.45, 7) is 5.58. The van der Waals surface area contributed by atoms with Gasteiger partial charge >= 0.3 is 0 Å². The highest BCUT2D eigenvalue weighted by molar-refractivity contribution is 7.88. The highest BCUT2D eigenvalue weighted by Gasteiger charge is 2.35. The minimum Gasteiger partial charge on any atom is -0.494 e. The number of rotatable bonds is 12. The average molecular weight is 559 g/mol. The summed E-state index contributed by atoms with van der Waals surface area (Å²) in [6.07, 6.45) is 3.78. The van der Waals surface area contributed by atoms with Crippen molar-refractivity contribution in [1.82, 2.24) is 24.2 Å². The van der Waals surface area contributed by atoms with Gasteiger partial charge in [-0.2, -0.15) is 14.3 Å². The van der Waals surface area contributed by atoms with Crippen LogP contribution in [-0.2, 0) is 14.8 Å². The molecule has 0 bridgehead atoms. The summed E-state index contributed by atoms with van der Waals surface area (Å²) in [7, 11) is 4.21. The predicted octanol–water partition coefficient (Wildman–Crippen LogP) is 1.86. The van der Waals surface area contributed by atoms with Gasteiger partial charge in [-0.15, -0.1) is 0 Å². The Morgan fingerprint density at radius 3 is 2.62 bits per heavy atom. The van der Waals surface area contributed by atoms with Crippen LogP contribution in [0.3, 0.4) is 0 Å². The van der Waals surface area contributed by atoms with E-state index in [4.69, 9.17) is 9.47 Å². The van der Waals surface area contributed by atoms with E-state index in [1.165, 1.54) is 16.6 Å². The molecule has 3 aromatic rings. The van der Waals surface area contributed by atoms with Crippen molar-refractivity contribution in [2.24, 2.45) is 0 Å². The Labute approximate surface area is 227 Å². The summed E-state index contributed by atoms with van der Waals surface area (Å²) in [5, 5.41) is 6.71. The SMILES string of the molecule is C=CC(=O)Nc1cc(Nc2nc(OC3CN(S(C)(=O)=O)C3)c3cc[nH]c3n2)c(OC)cc1N(C)CCN(C)C. The number of carbonyl (C=O) groups is 1. The van der Waals surface area contributed by atoms with E-state index in [-0.39, 0.29) is 31.0 Å². The number of aromatic amines is 1. The van der Waals surface area contributed by atoms with Gasteiger partial charge in [0.2, 0.25) is 27.8 Å². The standard InChI is InChI=1S/C25H34N8O5S/c1-7-22(34)27-18-12-19(21(37-5)13-20(18)32(4)11-10-31(2)3)28-25-29-23-17(8-9-26-23)24(30-25)38-16-14-33(15-16)39(6,35)36/h7-9,12-13,16H,1,10-11,14-15H2,2-6H3,(H,27,34)(H2,26,28,29,30). The number of amides is 1. The topological polar surface area (TPSA) is 145 Å². The van der Waals surface area contributed by atoms with Gasteiger partial charge in [-0.05, 0) is 32.3 Å². The first-order valence-corrected chi connectivity index (χ1v) is 14.1. The average Bonchev–Trinajstić information content (AvgIpc) is 3.32. The van der Waals surface area contributed by atoms with Crippen LogP contribution < -0.4 is 25.0 Å². The molecule has 1 aliphatic rings. The molecule has 1 amide bonds. The molecule has 1 fully saturated rings. The van der Waals surface area contributed by atoms with Crippen LogP contribution in [-0.4, -0.2) is 105 Å². The fourth-order valence-electron chi connectivity index (χ4n) is 3.99. The Kier molecular flexibility index (Phi) is 8.28. The van der Waals surface area contributed by atoms with E-state index >= 15 is 0 Å². The smallest absolute Gasteiger partial charge is 0.247 e. The number of carbonyl (C=O) groups excluding carboxylic acids is 1. The van der Waals surface area contributed by atoms with Crippen molar-refractivity contribution in [2.75, 3.05) is 76.2 Å². The number of anilines is 4. The number of fused-ring (bicyclic) bond motifs is 1. The molecule has 0 unspecified atom stereocenters. The Morgan fingerprint density at radius 1 is 1.23 bits per heavy atom. The van der Waals surface area contributed by atoms with E-state index in [0.29, 0.717) is 40.6 Å². The lowest BCUT2D eigenvalue weighted by Crippen LogP contribution is -2.55. The zero-order chi connectivity index (χ0) is 28.3. The zero-order valence-corrected chi connectivity index (χ0v) is 23.5. The molecule has 3 heterocycles. The van der Waals surface area contributed by atoms with Crippen molar-refractivity contribution in [2.45, 2.75) is 6.10 Å². The van der Waals surface area contributed by atoms with Crippen LogP contribution in [0, 0.1) is 0 Å². The van der Waals surface area contributed by atoms with Crippen LogP contribution >= 0.6 is 0 Å². The molecular formula is C25H34N8O5S. The number of likely N-dealkylation sites (N-methyl/N-ethyl adjacent to an activating group) is 2. The molecule has 3 N–H and O–H groups in total. The number of ether oxygens (including phenoxy) is 2. The first-order valence-electron chi connectivity index (χ1n) is 12.2. The van der Waals surface area contributed by atoms with E-state index in [1.807, 2.05) is 32.1 Å². The minimum atomic E-state index is -3.27.